The normalized spacial score (nSPS) is 18.2. The molecule has 1 N–H and O–H groups in total. The predicted octanol–water partition coefficient (Wildman–Crippen LogP) is 1.52. The van der Waals surface area contributed by atoms with Crippen molar-refractivity contribution in [2.24, 2.45) is 0 Å². The molecule has 1 fully saturated rings. The Balaban J connectivity index is 1.79. The summed E-state index contributed by atoms with van der Waals surface area (Å²) in [6.07, 6.45) is 2.45. The Hall–Kier alpha value is 0.230. The van der Waals surface area contributed by atoms with Crippen molar-refractivity contribution in [2.75, 3.05) is 45.3 Å². The molecule has 0 aliphatic carbocycles. The van der Waals surface area contributed by atoms with Gasteiger partial charge < -0.3 is 14.8 Å². The summed E-state index contributed by atoms with van der Waals surface area (Å²) in [4.78, 5) is 0. The lowest BCUT2D eigenvalue weighted by molar-refractivity contribution is 0.100. The highest BCUT2D eigenvalue weighted by atomic mass is 32.2. The fourth-order valence-corrected chi connectivity index (χ4v) is 2.68. The van der Waals surface area contributed by atoms with Crippen LogP contribution in [-0.2, 0) is 9.47 Å². The first-order valence-electron chi connectivity index (χ1n) is 5.91. The van der Waals surface area contributed by atoms with Gasteiger partial charge in [-0.1, -0.05) is 0 Å². The van der Waals surface area contributed by atoms with Gasteiger partial charge in [0.1, 0.15) is 0 Å². The predicted molar refractivity (Wildman–Crippen MR) is 65.7 cm³/mol. The summed E-state index contributed by atoms with van der Waals surface area (Å²) in [7, 11) is 0. The molecule has 0 radical (unpaired) electrons. The smallest absolute Gasteiger partial charge is 0.0590 e. The molecule has 0 aromatic carbocycles. The van der Waals surface area contributed by atoms with Gasteiger partial charge in [-0.3, -0.25) is 0 Å². The molecule has 15 heavy (non-hydrogen) atoms. The first kappa shape index (κ1) is 13.3. The molecule has 0 amide bonds. The van der Waals surface area contributed by atoms with Gasteiger partial charge in [0.15, 0.2) is 0 Å². The van der Waals surface area contributed by atoms with Crippen LogP contribution in [0.4, 0.5) is 0 Å². The lowest BCUT2D eigenvalue weighted by Crippen LogP contribution is -2.24. The third kappa shape index (κ3) is 7.17. The van der Waals surface area contributed by atoms with Crippen LogP contribution in [0.15, 0.2) is 0 Å². The van der Waals surface area contributed by atoms with E-state index in [2.05, 4.69) is 17.1 Å². The lowest BCUT2D eigenvalue weighted by Gasteiger charge is -2.21. The van der Waals surface area contributed by atoms with E-state index >= 15 is 0 Å². The van der Waals surface area contributed by atoms with Crippen molar-refractivity contribution in [3.05, 3.63) is 0 Å². The Morgan fingerprint density at radius 1 is 1.33 bits per heavy atom. The molecule has 0 aromatic rings. The summed E-state index contributed by atoms with van der Waals surface area (Å²) in [5, 5.41) is 4.21. The zero-order valence-electron chi connectivity index (χ0n) is 9.67. The minimum Gasteiger partial charge on any atom is -0.381 e. The summed E-state index contributed by atoms with van der Waals surface area (Å²) in [6, 6.07) is 0. The highest BCUT2D eigenvalue weighted by molar-refractivity contribution is 7.99. The van der Waals surface area contributed by atoms with Gasteiger partial charge in [0.05, 0.1) is 6.61 Å². The average molecular weight is 233 g/mol. The Kier molecular flexibility index (Phi) is 8.38. The topological polar surface area (TPSA) is 30.5 Å². The number of thioether (sulfide) groups is 1. The maximum Gasteiger partial charge on any atom is 0.0590 e. The summed E-state index contributed by atoms with van der Waals surface area (Å²) >= 11 is 2.08. The van der Waals surface area contributed by atoms with Crippen molar-refractivity contribution < 1.29 is 9.47 Å². The third-order valence-electron chi connectivity index (χ3n) is 2.43. The zero-order valence-corrected chi connectivity index (χ0v) is 10.5. The standard InChI is InChI=1S/C11H23NO2S/c1-2-13-9-5-12-6-10-15-11-3-7-14-8-4-11/h11-12H,2-10H2,1H3. The Bertz CT molecular complexity index is 141. The summed E-state index contributed by atoms with van der Waals surface area (Å²) in [5.41, 5.74) is 0. The van der Waals surface area contributed by atoms with Crippen LogP contribution in [0.2, 0.25) is 0 Å². The second kappa shape index (κ2) is 9.46. The maximum absolute atomic E-state index is 5.33. The van der Waals surface area contributed by atoms with Crippen LogP contribution in [0.25, 0.3) is 0 Å². The molecule has 1 saturated heterocycles. The molecule has 0 bridgehead atoms. The molecule has 4 heteroatoms. The van der Waals surface area contributed by atoms with E-state index < -0.39 is 0 Å². The molecule has 90 valence electrons. The molecule has 0 spiro atoms. The molecule has 3 nitrogen and oxygen atoms in total. The van der Waals surface area contributed by atoms with Gasteiger partial charge >= 0.3 is 0 Å². The van der Waals surface area contributed by atoms with Crippen LogP contribution in [0, 0.1) is 0 Å². The van der Waals surface area contributed by atoms with Crippen molar-refractivity contribution in [1.82, 2.24) is 5.32 Å². The van der Waals surface area contributed by atoms with E-state index in [1.807, 2.05) is 6.92 Å². The summed E-state index contributed by atoms with van der Waals surface area (Å²) in [5.74, 6) is 1.21. The van der Waals surface area contributed by atoms with Crippen molar-refractivity contribution in [3.8, 4) is 0 Å². The van der Waals surface area contributed by atoms with Crippen LogP contribution < -0.4 is 5.32 Å². The minimum atomic E-state index is 0.818. The van der Waals surface area contributed by atoms with E-state index in [4.69, 9.17) is 9.47 Å². The van der Waals surface area contributed by atoms with Gasteiger partial charge in [-0.15, -0.1) is 0 Å². The molecule has 0 aromatic heterocycles. The summed E-state index contributed by atoms with van der Waals surface area (Å²) < 4.78 is 10.6. The number of hydrogen-bond acceptors (Lipinski definition) is 4. The molecule has 1 aliphatic heterocycles. The maximum atomic E-state index is 5.33. The number of ether oxygens (including phenoxy) is 2. The molecule has 0 saturated carbocycles. The number of rotatable bonds is 8. The quantitative estimate of drug-likeness (QED) is 0.644. The van der Waals surface area contributed by atoms with Crippen LogP contribution in [0.3, 0.4) is 0 Å². The van der Waals surface area contributed by atoms with Crippen LogP contribution in [0.5, 0.6) is 0 Å². The monoisotopic (exact) mass is 233 g/mol. The lowest BCUT2D eigenvalue weighted by atomic mass is 10.2. The largest absolute Gasteiger partial charge is 0.381 e. The highest BCUT2D eigenvalue weighted by Crippen LogP contribution is 2.21. The Morgan fingerprint density at radius 2 is 2.13 bits per heavy atom. The Morgan fingerprint density at radius 3 is 2.87 bits per heavy atom. The van der Waals surface area contributed by atoms with Crippen LogP contribution in [0.1, 0.15) is 19.8 Å². The van der Waals surface area contributed by atoms with Gasteiger partial charge in [-0.25, -0.2) is 0 Å². The van der Waals surface area contributed by atoms with Gasteiger partial charge in [0.2, 0.25) is 0 Å². The zero-order chi connectivity index (χ0) is 10.8. The highest BCUT2D eigenvalue weighted by Gasteiger charge is 2.13. The van der Waals surface area contributed by atoms with Gasteiger partial charge in [0.25, 0.3) is 0 Å². The first-order chi connectivity index (χ1) is 7.43. The van der Waals surface area contributed by atoms with E-state index in [1.54, 1.807) is 0 Å². The molecule has 0 unspecified atom stereocenters. The molecule has 1 rings (SSSR count). The van der Waals surface area contributed by atoms with E-state index in [1.165, 1.54) is 18.6 Å². The van der Waals surface area contributed by atoms with Gasteiger partial charge in [0, 0.05) is 43.9 Å². The van der Waals surface area contributed by atoms with E-state index in [9.17, 15) is 0 Å². The molecule has 0 atom stereocenters. The third-order valence-corrected chi connectivity index (χ3v) is 3.81. The second-order valence-electron chi connectivity index (χ2n) is 3.63. The first-order valence-corrected chi connectivity index (χ1v) is 6.96. The van der Waals surface area contributed by atoms with Crippen molar-refractivity contribution in [3.63, 3.8) is 0 Å². The van der Waals surface area contributed by atoms with Gasteiger partial charge in [-0.2, -0.15) is 11.8 Å². The fraction of sp³-hybridized carbons (Fsp3) is 1.00. The molecule has 1 heterocycles. The van der Waals surface area contributed by atoms with Crippen molar-refractivity contribution >= 4 is 11.8 Å². The minimum absolute atomic E-state index is 0.818. The van der Waals surface area contributed by atoms with Crippen molar-refractivity contribution in [1.29, 1.82) is 0 Å². The number of hydrogen-bond donors (Lipinski definition) is 1. The van der Waals surface area contributed by atoms with E-state index in [0.29, 0.717) is 0 Å². The average Bonchev–Trinajstić information content (AvgIpc) is 2.29. The van der Waals surface area contributed by atoms with Gasteiger partial charge in [-0.05, 0) is 19.8 Å². The molecular formula is C11H23NO2S. The fourth-order valence-electron chi connectivity index (χ4n) is 1.55. The Labute approximate surface area is 97.3 Å². The van der Waals surface area contributed by atoms with Crippen LogP contribution >= 0.6 is 11.8 Å². The number of nitrogens with one attached hydrogen (secondary N) is 1. The molecule has 1 aliphatic rings. The van der Waals surface area contributed by atoms with E-state index in [-0.39, 0.29) is 0 Å². The van der Waals surface area contributed by atoms with Crippen LogP contribution in [-0.4, -0.2) is 50.5 Å². The SMILES string of the molecule is CCOCCNCCSC1CCOCC1. The van der Waals surface area contributed by atoms with E-state index in [0.717, 1.165) is 44.8 Å². The van der Waals surface area contributed by atoms with Crippen molar-refractivity contribution in [2.45, 2.75) is 25.0 Å². The second-order valence-corrected chi connectivity index (χ2v) is 5.04. The molecular weight excluding hydrogens is 210 g/mol. The summed E-state index contributed by atoms with van der Waals surface area (Å²) in [6.45, 7) is 7.65.